The Kier molecular flexibility index (Phi) is 4.45. The molecule has 82 valence electrons. The van der Waals surface area contributed by atoms with Crippen LogP contribution in [-0.4, -0.2) is 23.5 Å². The molecule has 0 heterocycles. The molecule has 1 N–H and O–H groups in total. The third-order valence-electron chi connectivity index (χ3n) is 1.19. The average Bonchev–Trinajstić information content (AvgIpc) is 1.99. The van der Waals surface area contributed by atoms with Crippen molar-refractivity contribution >= 4 is 17.4 Å². The van der Waals surface area contributed by atoms with E-state index in [1.165, 1.54) is 7.11 Å². The van der Waals surface area contributed by atoms with Crippen LogP contribution in [0, 0.1) is 0 Å². The predicted molar refractivity (Wildman–Crippen MR) is 61.4 cm³/mol. The molecular weight excluding hydrogens is 198 g/mol. The molecule has 0 aliphatic heterocycles. The molecule has 0 amide bonds. The highest BCUT2D eigenvalue weighted by Crippen LogP contribution is 2.12. The number of hydrogen-bond acceptors (Lipinski definition) is 4. The van der Waals surface area contributed by atoms with Crippen LogP contribution < -0.4 is 5.32 Å². The number of nitrogens with zero attached hydrogens (tertiary/aromatic N) is 2. The second-order valence-corrected chi connectivity index (χ2v) is 4.92. The normalized spacial score (nSPS) is 13.0. The lowest BCUT2D eigenvalue weighted by Crippen LogP contribution is -2.41. The van der Waals surface area contributed by atoms with Gasteiger partial charge in [0.25, 0.3) is 5.17 Å². The molecule has 0 atom stereocenters. The third-order valence-corrected chi connectivity index (χ3v) is 1.46. The molecule has 0 aromatic heterocycles. The molecular formula is C9H19N3OS. The molecule has 5 heteroatoms. The molecule has 14 heavy (non-hydrogen) atoms. The van der Waals surface area contributed by atoms with Gasteiger partial charge in [0.2, 0.25) is 0 Å². The fraction of sp³-hybridized carbons (Fsp3) is 0.889. The van der Waals surface area contributed by atoms with E-state index < -0.39 is 5.66 Å². The van der Waals surface area contributed by atoms with Gasteiger partial charge in [-0.3, -0.25) is 0 Å². The van der Waals surface area contributed by atoms with Gasteiger partial charge in [-0.05, 0) is 46.8 Å². The van der Waals surface area contributed by atoms with Crippen molar-refractivity contribution in [2.45, 2.75) is 45.8 Å². The SMILES string of the molecule is COC(=S)NC(C)(C)/N=N/C(C)(C)C. The Morgan fingerprint density at radius 2 is 1.64 bits per heavy atom. The molecule has 0 unspecified atom stereocenters. The van der Waals surface area contributed by atoms with Gasteiger partial charge in [-0.25, -0.2) is 0 Å². The Morgan fingerprint density at radius 1 is 1.14 bits per heavy atom. The van der Waals surface area contributed by atoms with Gasteiger partial charge in [-0.2, -0.15) is 10.2 Å². The summed E-state index contributed by atoms with van der Waals surface area (Å²) >= 11 is 4.88. The maximum absolute atomic E-state index is 4.88. The van der Waals surface area contributed by atoms with Crippen molar-refractivity contribution in [3.8, 4) is 0 Å². The summed E-state index contributed by atoms with van der Waals surface area (Å²) in [6.45, 7) is 9.73. The molecule has 4 nitrogen and oxygen atoms in total. The van der Waals surface area contributed by atoms with Gasteiger partial charge in [0.1, 0.15) is 5.66 Å². The number of methoxy groups -OCH3 is 1. The Labute approximate surface area is 91.1 Å². The first-order chi connectivity index (χ1) is 6.16. The van der Waals surface area contributed by atoms with Crippen molar-refractivity contribution in [2.75, 3.05) is 7.11 Å². The Hall–Kier alpha value is -0.710. The van der Waals surface area contributed by atoms with E-state index in [9.17, 15) is 0 Å². The van der Waals surface area contributed by atoms with Gasteiger partial charge < -0.3 is 10.1 Å². The van der Waals surface area contributed by atoms with Gasteiger partial charge in [0.15, 0.2) is 0 Å². The van der Waals surface area contributed by atoms with Crippen LogP contribution in [0.5, 0.6) is 0 Å². The van der Waals surface area contributed by atoms with Crippen LogP contribution in [0.3, 0.4) is 0 Å². The quantitative estimate of drug-likeness (QED) is 0.571. The highest BCUT2D eigenvalue weighted by atomic mass is 32.1. The zero-order chi connectivity index (χ0) is 11.4. The topological polar surface area (TPSA) is 46.0 Å². The lowest BCUT2D eigenvalue weighted by Gasteiger charge is -2.22. The molecule has 0 saturated heterocycles. The Bertz CT molecular complexity index is 231. The van der Waals surface area contributed by atoms with Gasteiger partial charge >= 0.3 is 0 Å². The van der Waals surface area contributed by atoms with E-state index in [1.54, 1.807) is 0 Å². The summed E-state index contributed by atoms with van der Waals surface area (Å²) in [7, 11) is 1.52. The van der Waals surface area contributed by atoms with Crippen LogP contribution in [0.4, 0.5) is 0 Å². The van der Waals surface area contributed by atoms with Crippen LogP contribution in [0.15, 0.2) is 10.2 Å². The second-order valence-electron chi connectivity index (χ2n) is 4.55. The third kappa shape index (κ3) is 6.77. The average molecular weight is 217 g/mol. The van der Waals surface area contributed by atoms with E-state index in [4.69, 9.17) is 17.0 Å². The number of nitrogens with one attached hydrogen (secondary N) is 1. The van der Waals surface area contributed by atoms with Crippen molar-refractivity contribution in [3.63, 3.8) is 0 Å². The maximum Gasteiger partial charge on any atom is 0.258 e. The standard InChI is InChI=1S/C9H19N3OS/c1-8(2,3)11-12-9(4,5)10-7(14)13-6/h1-6H3,(H,10,14)/b12-11+. The summed E-state index contributed by atoms with van der Waals surface area (Å²) in [5.41, 5.74) is -0.700. The Balaban J connectivity index is 4.34. The maximum atomic E-state index is 4.88. The fourth-order valence-electron chi connectivity index (χ4n) is 0.601. The first-order valence-corrected chi connectivity index (χ1v) is 4.87. The molecule has 0 aromatic carbocycles. The first-order valence-electron chi connectivity index (χ1n) is 4.46. The summed E-state index contributed by atoms with van der Waals surface area (Å²) in [6, 6.07) is 0. The molecule has 0 bridgehead atoms. The van der Waals surface area contributed by atoms with E-state index in [1.807, 2.05) is 34.6 Å². The van der Waals surface area contributed by atoms with Gasteiger partial charge in [0.05, 0.1) is 12.6 Å². The van der Waals surface area contributed by atoms with E-state index in [0.29, 0.717) is 5.17 Å². The van der Waals surface area contributed by atoms with Crippen molar-refractivity contribution in [1.29, 1.82) is 0 Å². The lowest BCUT2D eigenvalue weighted by atomic mass is 10.1. The molecule has 0 aromatic rings. The van der Waals surface area contributed by atoms with Crippen LogP contribution in [0.2, 0.25) is 0 Å². The number of rotatable bonds is 2. The molecule has 0 radical (unpaired) electrons. The summed E-state index contributed by atoms with van der Waals surface area (Å²) < 4.78 is 4.84. The van der Waals surface area contributed by atoms with Crippen LogP contribution in [-0.2, 0) is 4.74 Å². The van der Waals surface area contributed by atoms with Gasteiger partial charge in [-0.1, -0.05) is 0 Å². The summed E-state index contributed by atoms with van der Waals surface area (Å²) in [6.07, 6.45) is 0. The minimum absolute atomic E-state index is 0.173. The van der Waals surface area contributed by atoms with Crippen molar-refractivity contribution in [3.05, 3.63) is 0 Å². The lowest BCUT2D eigenvalue weighted by molar-refractivity contribution is 0.344. The molecule has 0 aliphatic rings. The highest BCUT2D eigenvalue weighted by molar-refractivity contribution is 7.80. The Morgan fingerprint density at radius 3 is 2.00 bits per heavy atom. The monoisotopic (exact) mass is 217 g/mol. The van der Waals surface area contributed by atoms with Crippen LogP contribution in [0.1, 0.15) is 34.6 Å². The largest absolute Gasteiger partial charge is 0.474 e. The van der Waals surface area contributed by atoms with E-state index in [-0.39, 0.29) is 5.54 Å². The van der Waals surface area contributed by atoms with Gasteiger partial charge in [0, 0.05) is 0 Å². The van der Waals surface area contributed by atoms with Crippen molar-refractivity contribution < 1.29 is 4.74 Å². The molecule has 0 fully saturated rings. The van der Waals surface area contributed by atoms with E-state index >= 15 is 0 Å². The molecule has 0 rings (SSSR count). The molecule has 0 saturated carbocycles. The number of azo groups is 1. The van der Waals surface area contributed by atoms with E-state index in [0.717, 1.165) is 0 Å². The zero-order valence-electron chi connectivity index (χ0n) is 9.71. The van der Waals surface area contributed by atoms with Crippen molar-refractivity contribution in [2.24, 2.45) is 10.2 Å². The zero-order valence-corrected chi connectivity index (χ0v) is 10.5. The second kappa shape index (κ2) is 4.68. The minimum atomic E-state index is -0.527. The predicted octanol–water partition coefficient (Wildman–Crippen LogP) is 2.49. The highest BCUT2D eigenvalue weighted by Gasteiger charge is 2.19. The minimum Gasteiger partial charge on any atom is -0.474 e. The molecule has 0 aliphatic carbocycles. The first kappa shape index (κ1) is 13.3. The summed E-state index contributed by atoms with van der Waals surface area (Å²) in [4.78, 5) is 0. The molecule has 0 spiro atoms. The van der Waals surface area contributed by atoms with Crippen molar-refractivity contribution in [1.82, 2.24) is 5.32 Å². The number of hydrogen-bond donors (Lipinski definition) is 1. The number of ether oxygens (including phenoxy) is 1. The van der Waals surface area contributed by atoms with Crippen LogP contribution in [0.25, 0.3) is 0 Å². The fourth-order valence-corrected chi connectivity index (χ4v) is 0.851. The van der Waals surface area contributed by atoms with Crippen LogP contribution >= 0.6 is 12.2 Å². The summed E-state index contributed by atoms with van der Waals surface area (Å²) in [5, 5.41) is 11.6. The summed E-state index contributed by atoms with van der Waals surface area (Å²) in [5.74, 6) is 0. The van der Waals surface area contributed by atoms with E-state index in [2.05, 4.69) is 15.5 Å². The smallest absolute Gasteiger partial charge is 0.258 e. The number of thiocarbonyl (C=S) groups is 1. The van der Waals surface area contributed by atoms with Gasteiger partial charge in [-0.15, -0.1) is 0 Å².